The summed E-state index contributed by atoms with van der Waals surface area (Å²) in [5.41, 5.74) is 0. The molecule has 0 heterocycles. The van der Waals surface area contributed by atoms with Crippen LogP contribution in [0.3, 0.4) is 0 Å². The van der Waals surface area contributed by atoms with Gasteiger partial charge in [0.05, 0.1) is 6.92 Å². The predicted octanol–water partition coefficient (Wildman–Crippen LogP) is -0.412. The van der Waals surface area contributed by atoms with Gasteiger partial charge in [0.2, 0.25) is 0 Å². The van der Waals surface area contributed by atoms with Gasteiger partial charge in [0.1, 0.15) is 0 Å². The van der Waals surface area contributed by atoms with Crippen molar-refractivity contribution >= 4 is 12.1 Å². The first kappa shape index (κ1) is 4.21. The number of ketones is 1. The minimum atomic E-state index is -0.676. The van der Waals surface area contributed by atoms with E-state index in [2.05, 4.69) is 6.92 Å². The second-order valence-electron chi connectivity index (χ2n) is 0.584. The van der Waals surface area contributed by atoms with Crippen molar-refractivity contribution in [1.82, 2.24) is 0 Å². The molecule has 26 valence electrons. The Bertz CT molecular complexity index is 55.9. The summed E-state index contributed by atoms with van der Waals surface area (Å²) in [7, 11) is 0. The molecule has 0 atom stereocenters. The first-order chi connectivity index (χ1) is 2.27. The number of carbonyl (C=O) groups is 2. The lowest BCUT2D eigenvalue weighted by Gasteiger charge is -1.44. The summed E-state index contributed by atoms with van der Waals surface area (Å²) in [4.78, 5) is 18.4. The van der Waals surface area contributed by atoms with E-state index in [1.54, 1.807) is 0 Å². The van der Waals surface area contributed by atoms with Gasteiger partial charge in [-0.2, -0.15) is 4.79 Å². The zero-order valence-electron chi connectivity index (χ0n) is 2.60. The number of hydrogen-bond acceptors (Lipinski definition) is 2. The third-order valence-electron chi connectivity index (χ3n) is 0.131. The van der Waals surface area contributed by atoms with Crippen molar-refractivity contribution in [1.29, 1.82) is 0 Å². The first-order valence-electron chi connectivity index (χ1n) is 1.08. The van der Waals surface area contributed by atoms with Gasteiger partial charge < -0.3 is 0 Å². The summed E-state index contributed by atoms with van der Waals surface area (Å²) in [6.07, 6.45) is 0.167. The van der Waals surface area contributed by atoms with Gasteiger partial charge in [0, 0.05) is 0 Å². The van der Waals surface area contributed by atoms with Crippen LogP contribution in [0.1, 0.15) is 0 Å². The Morgan fingerprint density at radius 1 is 1.80 bits per heavy atom. The maximum atomic E-state index is 9.33. The molecule has 0 saturated heterocycles. The van der Waals surface area contributed by atoms with Crippen LogP contribution in [0, 0.1) is 6.92 Å². The molecule has 0 rings (SSSR count). The molecule has 2 heteroatoms. The fourth-order valence-electron chi connectivity index (χ4n) is 0. The van der Waals surface area contributed by atoms with Crippen LogP contribution >= 0.6 is 0 Å². The van der Waals surface area contributed by atoms with Gasteiger partial charge in [0.15, 0.2) is 0 Å². The molecule has 0 saturated carbocycles. The van der Waals surface area contributed by atoms with E-state index in [0.717, 1.165) is 0 Å². The summed E-state index contributed by atoms with van der Waals surface area (Å²) in [5, 5.41) is 0. The molecular weight excluding hydrogens is 68.0 g/mol. The van der Waals surface area contributed by atoms with Gasteiger partial charge in [-0.05, 0) is 0 Å². The molecule has 0 aliphatic heterocycles. The molecule has 0 N–H and O–H groups in total. The summed E-state index contributed by atoms with van der Waals surface area (Å²) in [6.45, 7) is 2.75. The van der Waals surface area contributed by atoms with E-state index in [1.165, 1.54) is 0 Å². The average Bonchev–Trinajstić information content (AvgIpc) is 1.38. The lowest BCUT2D eigenvalue weighted by Crippen LogP contribution is -1.86. The topological polar surface area (TPSA) is 34.1 Å². The van der Waals surface area contributed by atoms with Gasteiger partial charge in [0.25, 0.3) is 0 Å². The highest BCUT2D eigenvalue weighted by Crippen LogP contribution is 1.46. The molecule has 0 aromatic rings. The van der Waals surface area contributed by atoms with E-state index < -0.39 is 5.78 Å². The molecule has 0 aromatic carbocycles. The van der Waals surface area contributed by atoms with Gasteiger partial charge >= 0.3 is 12.1 Å². The molecule has 0 bridgehead atoms. The lowest BCUT2D eigenvalue weighted by molar-refractivity contribution is -0.126. The summed E-state index contributed by atoms with van der Waals surface area (Å²) >= 11 is 0. The molecular formula is C3H3O2+. The third kappa shape index (κ3) is 3.21. The van der Waals surface area contributed by atoms with Crippen LogP contribution in [0.2, 0.25) is 0 Å². The summed E-state index contributed by atoms with van der Waals surface area (Å²) in [6, 6.07) is 0. The van der Waals surface area contributed by atoms with Gasteiger partial charge in [-0.15, -0.1) is 0 Å². The number of aldehydes is 1. The molecule has 2 nitrogen and oxygen atoms in total. The molecule has 0 radical (unpaired) electrons. The van der Waals surface area contributed by atoms with E-state index in [1.807, 2.05) is 0 Å². The van der Waals surface area contributed by atoms with E-state index >= 15 is 0 Å². The fourth-order valence-corrected chi connectivity index (χ4v) is 0. The van der Waals surface area contributed by atoms with E-state index in [4.69, 9.17) is 4.79 Å². The second-order valence-corrected chi connectivity index (χ2v) is 0.584. The zero-order valence-corrected chi connectivity index (χ0v) is 2.60. The highest BCUT2D eigenvalue weighted by Gasteiger charge is 1.90. The van der Waals surface area contributed by atoms with Crippen LogP contribution in [0.4, 0.5) is 0 Å². The van der Waals surface area contributed by atoms with Crippen LogP contribution in [0.5, 0.6) is 0 Å². The maximum absolute atomic E-state index is 9.33. The Hall–Kier alpha value is -0.790. The third-order valence-corrected chi connectivity index (χ3v) is 0.131. The predicted molar refractivity (Wildman–Crippen MR) is 16.4 cm³/mol. The van der Waals surface area contributed by atoms with Crippen molar-refractivity contribution in [2.24, 2.45) is 0 Å². The zero-order chi connectivity index (χ0) is 4.28. The SMILES string of the molecule is [CH2+]C(=O)C=O. The lowest BCUT2D eigenvalue weighted by atomic mass is 10.5. The highest BCUT2D eigenvalue weighted by molar-refractivity contribution is 6.27. The Morgan fingerprint density at radius 3 is 2.00 bits per heavy atom. The average molecular weight is 71.1 g/mol. The maximum Gasteiger partial charge on any atom is 0.367 e. The Balaban J connectivity index is 3.20. The van der Waals surface area contributed by atoms with Crippen LogP contribution in [0.15, 0.2) is 0 Å². The molecule has 0 unspecified atom stereocenters. The molecule has 0 aliphatic rings. The van der Waals surface area contributed by atoms with Crippen LogP contribution in [-0.2, 0) is 9.59 Å². The van der Waals surface area contributed by atoms with Gasteiger partial charge in [-0.25, -0.2) is 4.79 Å². The molecule has 0 fully saturated rings. The number of Topliss-reactive ketones (excluding diaryl/α,β-unsaturated/α-hetero) is 1. The Labute approximate surface area is 29.8 Å². The van der Waals surface area contributed by atoms with Gasteiger partial charge in [-0.1, -0.05) is 0 Å². The van der Waals surface area contributed by atoms with Crippen molar-refractivity contribution in [3.63, 3.8) is 0 Å². The smallest absolute Gasteiger partial charge is 0.237 e. The van der Waals surface area contributed by atoms with Crippen molar-refractivity contribution in [3.8, 4) is 0 Å². The molecule has 5 heavy (non-hydrogen) atoms. The quantitative estimate of drug-likeness (QED) is 0.239. The Kier molecular flexibility index (Phi) is 1.28. The van der Waals surface area contributed by atoms with Crippen molar-refractivity contribution < 1.29 is 9.59 Å². The minimum Gasteiger partial charge on any atom is -0.237 e. The van der Waals surface area contributed by atoms with E-state index in [0.29, 0.717) is 0 Å². The monoisotopic (exact) mass is 71.0 g/mol. The minimum absolute atomic E-state index is 0.167. The van der Waals surface area contributed by atoms with E-state index in [-0.39, 0.29) is 6.29 Å². The van der Waals surface area contributed by atoms with Crippen molar-refractivity contribution in [2.45, 2.75) is 0 Å². The standard InChI is InChI=1S/C3H3O2/c1-3(5)2-4/h2H,1H2/q+1. The number of rotatable bonds is 1. The Morgan fingerprint density at radius 2 is 2.00 bits per heavy atom. The second kappa shape index (κ2) is 1.52. The summed E-state index contributed by atoms with van der Waals surface area (Å²) in [5.74, 6) is -0.676. The van der Waals surface area contributed by atoms with Crippen molar-refractivity contribution in [3.05, 3.63) is 6.92 Å². The molecule has 0 aliphatic carbocycles. The first-order valence-corrected chi connectivity index (χ1v) is 1.08. The van der Waals surface area contributed by atoms with Crippen LogP contribution in [-0.4, -0.2) is 12.1 Å². The largest absolute Gasteiger partial charge is 0.367 e. The molecule has 0 aromatic heterocycles. The fraction of sp³-hybridized carbons (Fsp3) is 0. The normalized spacial score (nSPS) is 6.40. The molecule has 0 spiro atoms. The van der Waals surface area contributed by atoms with Crippen LogP contribution in [0.25, 0.3) is 0 Å². The van der Waals surface area contributed by atoms with E-state index in [9.17, 15) is 4.79 Å². The van der Waals surface area contributed by atoms with Crippen LogP contribution < -0.4 is 0 Å². The molecule has 0 amide bonds. The van der Waals surface area contributed by atoms with Crippen molar-refractivity contribution in [2.75, 3.05) is 0 Å². The highest BCUT2D eigenvalue weighted by atomic mass is 16.2. The number of carbonyl (C=O) groups excluding carboxylic acids is 2. The summed E-state index contributed by atoms with van der Waals surface area (Å²) < 4.78 is 0. The van der Waals surface area contributed by atoms with Gasteiger partial charge in [-0.3, -0.25) is 0 Å². The number of hydrogen-bond donors (Lipinski definition) is 0.